The minimum absolute atomic E-state index is 0.192. The van der Waals surface area contributed by atoms with E-state index < -0.39 is 9.84 Å². The van der Waals surface area contributed by atoms with Gasteiger partial charge in [0.1, 0.15) is 0 Å². The molecule has 0 saturated carbocycles. The van der Waals surface area contributed by atoms with Gasteiger partial charge in [-0.1, -0.05) is 6.92 Å². The van der Waals surface area contributed by atoms with Crippen molar-refractivity contribution >= 4 is 21.2 Å². The van der Waals surface area contributed by atoms with Crippen LogP contribution in [-0.2, 0) is 9.84 Å². The van der Waals surface area contributed by atoms with Gasteiger partial charge in [0.05, 0.1) is 5.75 Å². The molecule has 0 unspecified atom stereocenters. The molecule has 0 spiro atoms. The first kappa shape index (κ1) is 15.2. The molecule has 20 heavy (non-hydrogen) atoms. The molecule has 0 amide bonds. The zero-order valence-electron chi connectivity index (χ0n) is 12.1. The summed E-state index contributed by atoms with van der Waals surface area (Å²) in [5, 5.41) is 3.17. The predicted octanol–water partition coefficient (Wildman–Crippen LogP) is 2.52. The molecule has 112 valence electrons. The number of nitrogens with zero attached hydrogens (tertiary/aromatic N) is 1. The van der Waals surface area contributed by atoms with Crippen LogP contribution in [0.1, 0.15) is 26.2 Å². The van der Waals surface area contributed by atoms with Gasteiger partial charge < -0.3 is 10.2 Å². The van der Waals surface area contributed by atoms with Crippen LogP contribution in [0, 0.1) is 0 Å². The van der Waals surface area contributed by atoms with Gasteiger partial charge in [-0.15, -0.1) is 0 Å². The van der Waals surface area contributed by atoms with Crippen LogP contribution in [-0.4, -0.2) is 39.6 Å². The summed E-state index contributed by atoms with van der Waals surface area (Å²) in [4.78, 5) is 2.41. The molecule has 1 fully saturated rings. The van der Waals surface area contributed by atoms with Crippen LogP contribution in [0.3, 0.4) is 0 Å². The molecule has 1 aromatic rings. The maximum Gasteiger partial charge on any atom is 0.151 e. The van der Waals surface area contributed by atoms with Gasteiger partial charge in [0.2, 0.25) is 0 Å². The van der Waals surface area contributed by atoms with Gasteiger partial charge in [-0.05, 0) is 43.5 Å². The van der Waals surface area contributed by atoms with Gasteiger partial charge in [-0.3, -0.25) is 0 Å². The maximum absolute atomic E-state index is 11.4. The quantitative estimate of drug-likeness (QED) is 0.876. The van der Waals surface area contributed by atoms with Crippen LogP contribution in [0.15, 0.2) is 24.3 Å². The Morgan fingerprint density at radius 2 is 1.75 bits per heavy atom. The average molecular weight is 296 g/mol. The summed E-state index contributed by atoms with van der Waals surface area (Å²) in [5.41, 5.74) is 2.24. The molecular formula is C15H24N2O2S. The Balaban J connectivity index is 1.85. The highest BCUT2D eigenvalue weighted by molar-refractivity contribution is 7.91. The fraction of sp³-hybridized carbons (Fsp3) is 0.600. The third-order valence-corrected chi connectivity index (χ3v) is 5.48. The number of rotatable bonds is 6. The molecule has 5 heteroatoms. The van der Waals surface area contributed by atoms with Crippen molar-refractivity contribution in [1.29, 1.82) is 0 Å². The minimum atomic E-state index is -2.89. The molecule has 1 aliphatic rings. The van der Waals surface area contributed by atoms with E-state index in [4.69, 9.17) is 0 Å². The van der Waals surface area contributed by atoms with Crippen molar-refractivity contribution in [2.24, 2.45) is 0 Å². The Morgan fingerprint density at radius 1 is 1.10 bits per heavy atom. The highest BCUT2D eigenvalue weighted by Crippen LogP contribution is 2.21. The second-order valence-corrected chi connectivity index (χ2v) is 7.73. The van der Waals surface area contributed by atoms with Crippen LogP contribution in [0.2, 0.25) is 0 Å². The fourth-order valence-electron chi connectivity index (χ4n) is 2.44. The Labute approximate surface area is 122 Å². The van der Waals surface area contributed by atoms with E-state index in [1.807, 2.05) is 12.1 Å². The number of nitrogens with one attached hydrogen (secondary N) is 1. The van der Waals surface area contributed by atoms with Gasteiger partial charge in [-0.25, -0.2) is 8.42 Å². The standard InChI is InChI=1S/C15H24N2O2S/c1-2-20(18,19)13-10-16-14-6-8-15(9-7-14)17-11-4-3-5-12-17/h6-9,16H,2-5,10-13H2,1H3. The lowest BCUT2D eigenvalue weighted by molar-refractivity contribution is 0.578. The van der Waals surface area contributed by atoms with Crippen molar-refractivity contribution in [2.75, 3.05) is 41.4 Å². The molecule has 2 rings (SSSR count). The average Bonchev–Trinajstić information content (AvgIpc) is 2.49. The van der Waals surface area contributed by atoms with Crippen molar-refractivity contribution in [3.63, 3.8) is 0 Å². The van der Waals surface area contributed by atoms with Gasteiger partial charge >= 0.3 is 0 Å². The van der Waals surface area contributed by atoms with Crippen LogP contribution in [0.4, 0.5) is 11.4 Å². The third kappa shape index (κ3) is 4.40. The molecule has 0 atom stereocenters. The van der Waals surface area contributed by atoms with E-state index in [-0.39, 0.29) is 11.5 Å². The summed E-state index contributed by atoms with van der Waals surface area (Å²) in [7, 11) is -2.89. The number of benzene rings is 1. The first-order valence-corrected chi connectivity index (χ1v) is 9.22. The molecule has 0 aromatic heterocycles. The summed E-state index contributed by atoms with van der Waals surface area (Å²) in [5.74, 6) is 0.403. The summed E-state index contributed by atoms with van der Waals surface area (Å²) < 4.78 is 22.8. The van der Waals surface area contributed by atoms with Gasteiger partial charge in [0.25, 0.3) is 0 Å². The van der Waals surface area contributed by atoms with E-state index >= 15 is 0 Å². The van der Waals surface area contributed by atoms with Crippen molar-refractivity contribution in [3.05, 3.63) is 24.3 Å². The molecule has 0 radical (unpaired) electrons. The topological polar surface area (TPSA) is 49.4 Å². The van der Waals surface area contributed by atoms with Crippen molar-refractivity contribution in [2.45, 2.75) is 26.2 Å². The number of piperidine rings is 1. The van der Waals surface area contributed by atoms with Gasteiger partial charge in [0.15, 0.2) is 9.84 Å². The van der Waals surface area contributed by atoms with Crippen LogP contribution in [0.5, 0.6) is 0 Å². The Kier molecular flexibility index (Phi) is 5.29. The van der Waals surface area contributed by atoms with Gasteiger partial charge in [-0.2, -0.15) is 0 Å². The van der Waals surface area contributed by atoms with Crippen molar-refractivity contribution < 1.29 is 8.42 Å². The highest BCUT2D eigenvalue weighted by atomic mass is 32.2. The van der Waals surface area contributed by atoms with Crippen molar-refractivity contribution in [3.8, 4) is 0 Å². The molecule has 4 nitrogen and oxygen atoms in total. The number of sulfone groups is 1. The third-order valence-electron chi connectivity index (χ3n) is 3.77. The molecule has 1 aliphatic heterocycles. The SMILES string of the molecule is CCS(=O)(=O)CCNc1ccc(N2CCCCC2)cc1. The maximum atomic E-state index is 11.4. The molecule has 1 saturated heterocycles. The smallest absolute Gasteiger partial charge is 0.151 e. The highest BCUT2D eigenvalue weighted by Gasteiger charge is 2.10. The van der Waals surface area contributed by atoms with E-state index in [2.05, 4.69) is 22.3 Å². The zero-order valence-corrected chi connectivity index (χ0v) is 13.0. The van der Waals surface area contributed by atoms with Crippen LogP contribution >= 0.6 is 0 Å². The predicted molar refractivity (Wildman–Crippen MR) is 85.3 cm³/mol. The number of anilines is 2. The van der Waals surface area contributed by atoms with E-state index in [9.17, 15) is 8.42 Å². The molecule has 1 N–H and O–H groups in total. The van der Waals surface area contributed by atoms with Gasteiger partial charge in [0, 0.05) is 36.8 Å². The van der Waals surface area contributed by atoms with E-state index in [1.54, 1.807) is 6.92 Å². The first-order chi connectivity index (χ1) is 9.61. The monoisotopic (exact) mass is 296 g/mol. The first-order valence-electron chi connectivity index (χ1n) is 7.40. The Morgan fingerprint density at radius 3 is 2.35 bits per heavy atom. The summed E-state index contributed by atoms with van der Waals surface area (Å²) in [6, 6.07) is 8.29. The second-order valence-electron chi connectivity index (χ2n) is 5.26. The molecule has 1 aromatic carbocycles. The lowest BCUT2D eigenvalue weighted by atomic mass is 10.1. The lowest BCUT2D eigenvalue weighted by Gasteiger charge is -2.28. The Hall–Kier alpha value is -1.23. The Bertz CT molecular complexity index is 505. The zero-order chi connectivity index (χ0) is 14.4. The summed E-state index contributed by atoms with van der Waals surface area (Å²) >= 11 is 0. The van der Waals surface area contributed by atoms with Crippen molar-refractivity contribution in [1.82, 2.24) is 0 Å². The normalized spacial score (nSPS) is 16.1. The lowest BCUT2D eigenvalue weighted by Crippen LogP contribution is -2.29. The molecular weight excluding hydrogens is 272 g/mol. The molecule has 0 bridgehead atoms. The summed E-state index contributed by atoms with van der Waals surface area (Å²) in [6.07, 6.45) is 3.88. The van der Waals surface area contributed by atoms with Crippen LogP contribution < -0.4 is 10.2 Å². The number of hydrogen-bond acceptors (Lipinski definition) is 4. The number of hydrogen-bond donors (Lipinski definition) is 1. The molecule has 1 heterocycles. The van der Waals surface area contributed by atoms with E-state index in [0.717, 1.165) is 18.8 Å². The minimum Gasteiger partial charge on any atom is -0.384 e. The molecule has 0 aliphatic carbocycles. The largest absolute Gasteiger partial charge is 0.384 e. The summed E-state index contributed by atoms with van der Waals surface area (Å²) in [6.45, 7) is 4.44. The van der Waals surface area contributed by atoms with E-state index in [0.29, 0.717) is 6.54 Å². The van der Waals surface area contributed by atoms with E-state index in [1.165, 1.54) is 24.9 Å². The fourth-order valence-corrected chi connectivity index (χ4v) is 3.14. The second kappa shape index (κ2) is 6.97. The van der Waals surface area contributed by atoms with Crippen LogP contribution in [0.25, 0.3) is 0 Å².